The van der Waals surface area contributed by atoms with Crippen LogP contribution in [0, 0.1) is 22.9 Å². The molecule has 0 saturated carbocycles. The highest BCUT2D eigenvalue weighted by Gasteiger charge is 2.10. The second-order valence-corrected chi connectivity index (χ2v) is 5.33. The van der Waals surface area contributed by atoms with Gasteiger partial charge in [-0.05, 0) is 48.5 Å². The number of rotatable bonds is 5. The molecule has 6 heteroatoms. The second-order valence-electron chi connectivity index (χ2n) is 4.46. The minimum Gasteiger partial charge on any atom is -0.278 e. The smallest absolute Gasteiger partial charge is 0.184 e. The monoisotopic (exact) mass is 330 g/mol. The minimum absolute atomic E-state index is 0.383. The van der Waals surface area contributed by atoms with Crippen molar-refractivity contribution in [1.29, 1.82) is 10.5 Å². The van der Waals surface area contributed by atoms with Crippen LogP contribution in [-0.4, -0.2) is 13.1 Å². The minimum atomic E-state index is 0.383. The average Bonchev–Trinajstić information content (AvgIpc) is 2.54. The van der Waals surface area contributed by atoms with Crippen LogP contribution in [0.25, 0.3) is 0 Å². The number of hydrogen-bond acceptors (Lipinski definition) is 4. The highest BCUT2D eigenvalue weighted by molar-refractivity contribution is 6.30. The molecule has 0 aliphatic heterocycles. The van der Waals surface area contributed by atoms with E-state index >= 15 is 0 Å². The van der Waals surface area contributed by atoms with Crippen molar-refractivity contribution in [2.75, 3.05) is 22.9 Å². The Hall–Kier alpha value is -2.40. The van der Waals surface area contributed by atoms with E-state index in [4.69, 9.17) is 23.2 Å². The molecule has 0 bridgehead atoms. The summed E-state index contributed by atoms with van der Waals surface area (Å²) in [6.45, 7) is 0.767. The third-order valence-electron chi connectivity index (χ3n) is 3.07. The topological polar surface area (TPSA) is 54.1 Å². The van der Waals surface area contributed by atoms with Crippen molar-refractivity contribution < 1.29 is 0 Å². The standard InChI is InChI=1S/C16H12Cl2N4/c17-13-1-5-15(6-2-13)21(11-19)9-10-22(12-20)16-7-3-14(18)4-8-16/h1-8H,9-10H2. The van der Waals surface area contributed by atoms with Crippen LogP contribution in [0.15, 0.2) is 48.5 Å². The summed E-state index contributed by atoms with van der Waals surface area (Å²) in [6, 6.07) is 14.0. The summed E-state index contributed by atoms with van der Waals surface area (Å²) in [6.07, 6.45) is 4.22. The van der Waals surface area contributed by atoms with Gasteiger partial charge in [-0.25, -0.2) is 0 Å². The van der Waals surface area contributed by atoms with E-state index in [-0.39, 0.29) is 0 Å². The highest BCUT2D eigenvalue weighted by atomic mass is 35.5. The molecule has 2 rings (SSSR count). The first-order chi connectivity index (χ1) is 10.6. The van der Waals surface area contributed by atoms with Gasteiger partial charge < -0.3 is 0 Å². The van der Waals surface area contributed by atoms with Gasteiger partial charge in [0.2, 0.25) is 0 Å². The molecule has 0 spiro atoms. The maximum Gasteiger partial charge on any atom is 0.184 e. The van der Waals surface area contributed by atoms with Crippen molar-refractivity contribution in [2.45, 2.75) is 0 Å². The second kappa shape index (κ2) is 7.56. The van der Waals surface area contributed by atoms with Gasteiger partial charge in [0.25, 0.3) is 0 Å². The Morgan fingerprint density at radius 3 is 1.27 bits per heavy atom. The van der Waals surface area contributed by atoms with E-state index < -0.39 is 0 Å². The van der Waals surface area contributed by atoms with Gasteiger partial charge in [0.05, 0.1) is 24.5 Å². The molecule has 0 aliphatic rings. The molecule has 0 aliphatic carbocycles. The molecule has 0 radical (unpaired) electrons. The van der Waals surface area contributed by atoms with E-state index in [1.54, 1.807) is 48.5 Å². The van der Waals surface area contributed by atoms with Crippen molar-refractivity contribution in [3.05, 3.63) is 58.6 Å². The summed E-state index contributed by atoms with van der Waals surface area (Å²) in [5.74, 6) is 0. The largest absolute Gasteiger partial charge is 0.278 e. The lowest BCUT2D eigenvalue weighted by Gasteiger charge is -2.20. The first kappa shape index (κ1) is 16.0. The van der Waals surface area contributed by atoms with E-state index in [0.29, 0.717) is 23.1 Å². The molecular weight excluding hydrogens is 319 g/mol. The Morgan fingerprint density at radius 1 is 0.682 bits per heavy atom. The van der Waals surface area contributed by atoms with Crippen molar-refractivity contribution in [2.24, 2.45) is 0 Å². The molecule has 0 amide bonds. The maximum atomic E-state index is 9.27. The fourth-order valence-corrected chi connectivity index (χ4v) is 2.17. The van der Waals surface area contributed by atoms with Crippen LogP contribution in [0.2, 0.25) is 10.0 Å². The van der Waals surface area contributed by atoms with E-state index in [1.807, 2.05) is 0 Å². The number of anilines is 2. The number of hydrogen-bond donors (Lipinski definition) is 0. The summed E-state index contributed by atoms with van der Waals surface area (Å²) in [7, 11) is 0. The zero-order valence-corrected chi connectivity index (χ0v) is 13.1. The lowest BCUT2D eigenvalue weighted by molar-refractivity contribution is 0.888. The zero-order chi connectivity index (χ0) is 15.9. The normalized spacial score (nSPS) is 9.64. The van der Waals surface area contributed by atoms with Crippen molar-refractivity contribution >= 4 is 34.6 Å². The number of nitrogens with zero attached hydrogens (tertiary/aromatic N) is 4. The van der Waals surface area contributed by atoms with Gasteiger partial charge >= 0.3 is 0 Å². The fourth-order valence-electron chi connectivity index (χ4n) is 1.92. The number of halogens is 2. The number of nitriles is 2. The summed E-state index contributed by atoms with van der Waals surface area (Å²) in [5.41, 5.74) is 1.47. The average molecular weight is 331 g/mol. The van der Waals surface area contributed by atoms with E-state index in [9.17, 15) is 10.5 Å². The molecule has 22 heavy (non-hydrogen) atoms. The molecule has 0 saturated heterocycles. The number of benzene rings is 2. The van der Waals surface area contributed by atoms with Gasteiger partial charge in [-0.2, -0.15) is 10.5 Å². The van der Waals surface area contributed by atoms with Crippen LogP contribution in [0.3, 0.4) is 0 Å². The first-order valence-corrected chi connectivity index (χ1v) is 7.25. The molecule has 0 atom stereocenters. The van der Waals surface area contributed by atoms with Gasteiger partial charge in [-0.1, -0.05) is 23.2 Å². The van der Waals surface area contributed by atoms with Gasteiger partial charge in [-0.3, -0.25) is 9.80 Å². The molecule has 4 nitrogen and oxygen atoms in total. The van der Waals surface area contributed by atoms with Crippen LogP contribution in [0.1, 0.15) is 0 Å². The predicted octanol–water partition coefficient (Wildman–Crippen LogP) is 4.27. The molecule has 2 aromatic carbocycles. The Balaban J connectivity index is 2.05. The van der Waals surface area contributed by atoms with Gasteiger partial charge in [0.1, 0.15) is 0 Å². The first-order valence-electron chi connectivity index (χ1n) is 6.49. The Labute approximate surface area is 139 Å². The molecule has 0 fully saturated rings. The Bertz CT molecular complexity index is 635. The van der Waals surface area contributed by atoms with Crippen LogP contribution < -0.4 is 9.80 Å². The van der Waals surface area contributed by atoms with Crippen LogP contribution in [0.5, 0.6) is 0 Å². The molecule has 0 N–H and O–H groups in total. The lowest BCUT2D eigenvalue weighted by Crippen LogP contribution is -2.30. The molecule has 110 valence electrons. The quantitative estimate of drug-likeness (QED) is 0.606. The molecule has 0 aromatic heterocycles. The predicted molar refractivity (Wildman–Crippen MR) is 88.8 cm³/mol. The molecule has 0 heterocycles. The zero-order valence-electron chi connectivity index (χ0n) is 11.6. The van der Waals surface area contributed by atoms with E-state index in [1.165, 1.54) is 9.80 Å². The molecule has 2 aromatic rings. The summed E-state index contributed by atoms with van der Waals surface area (Å²) >= 11 is 11.7. The summed E-state index contributed by atoms with van der Waals surface area (Å²) < 4.78 is 0. The van der Waals surface area contributed by atoms with Gasteiger partial charge in [0, 0.05) is 10.0 Å². The summed E-state index contributed by atoms with van der Waals surface area (Å²) in [4.78, 5) is 3.02. The SMILES string of the molecule is N#CN(CCN(C#N)c1ccc(Cl)cc1)c1ccc(Cl)cc1. The van der Waals surface area contributed by atoms with Crippen LogP contribution in [-0.2, 0) is 0 Å². The maximum absolute atomic E-state index is 9.27. The summed E-state index contributed by atoms with van der Waals surface area (Å²) in [5, 5.41) is 19.8. The molecule has 0 unspecified atom stereocenters. The lowest BCUT2D eigenvalue weighted by atomic mass is 10.2. The Kier molecular flexibility index (Phi) is 5.49. The molecular formula is C16H12Cl2N4. The van der Waals surface area contributed by atoms with Crippen molar-refractivity contribution in [1.82, 2.24) is 0 Å². The van der Waals surface area contributed by atoms with Crippen molar-refractivity contribution in [3.8, 4) is 12.4 Å². The van der Waals surface area contributed by atoms with E-state index in [0.717, 1.165) is 11.4 Å². The fraction of sp³-hybridized carbons (Fsp3) is 0.125. The van der Waals surface area contributed by atoms with Crippen LogP contribution >= 0.6 is 23.2 Å². The Morgan fingerprint density at radius 2 is 1.00 bits per heavy atom. The van der Waals surface area contributed by atoms with Crippen LogP contribution in [0.4, 0.5) is 11.4 Å². The highest BCUT2D eigenvalue weighted by Crippen LogP contribution is 2.19. The van der Waals surface area contributed by atoms with Gasteiger partial charge in [0.15, 0.2) is 12.4 Å². The van der Waals surface area contributed by atoms with Gasteiger partial charge in [-0.15, -0.1) is 0 Å². The van der Waals surface area contributed by atoms with E-state index in [2.05, 4.69) is 12.4 Å². The third-order valence-corrected chi connectivity index (χ3v) is 3.57. The third kappa shape index (κ3) is 4.05. The van der Waals surface area contributed by atoms with Crippen molar-refractivity contribution in [3.63, 3.8) is 0 Å².